The summed E-state index contributed by atoms with van der Waals surface area (Å²) in [6, 6.07) is 32.8. The van der Waals surface area contributed by atoms with Crippen molar-refractivity contribution in [2.75, 3.05) is 11.4 Å². The van der Waals surface area contributed by atoms with E-state index in [0.717, 1.165) is 37.2 Å². The predicted octanol–water partition coefficient (Wildman–Crippen LogP) is 4.92. The molecule has 36 heavy (non-hydrogen) atoms. The Balaban J connectivity index is 1.47. The van der Waals surface area contributed by atoms with Crippen molar-refractivity contribution < 1.29 is 8.42 Å². The summed E-state index contributed by atoms with van der Waals surface area (Å²) >= 11 is 0. The lowest BCUT2D eigenvalue weighted by atomic mass is 10.0. The van der Waals surface area contributed by atoms with E-state index < -0.39 is 10.0 Å². The summed E-state index contributed by atoms with van der Waals surface area (Å²) in [5.41, 5.74) is 11.3. The maximum Gasteiger partial charge on any atom is 0.238 e. The van der Waals surface area contributed by atoms with Gasteiger partial charge in [0.2, 0.25) is 10.0 Å². The number of rotatable bonds is 10. The molecule has 0 aliphatic carbocycles. The first kappa shape index (κ1) is 25.2. The Morgan fingerprint density at radius 2 is 1.50 bits per heavy atom. The predicted molar refractivity (Wildman–Crippen MR) is 147 cm³/mol. The van der Waals surface area contributed by atoms with Crippen LogP contribution in [0.15, 0.2) is 108 Å². The van der Waals surface area contributed by atoms with Gasteiger partial charge in [0.25, 0.3) is 0 Å². The van der Waals surface area contributed by atoms with Crippen LogP contribution in [0.3, 0.4) is 0 Å². The third-order valence-corrected chi connectivity index (χ3v) is 7.06. The van der Waals surface area contributed by atoms with Gasteiger partial charge in [-0.05, 0) is 47.7 Å². The zero-order chi connectivity index (χ0) is 25.5. The maximum atomic E-state index is 12.0. The first-order chi connectivity index (χ1) is 17.3. The lowest BCUT2D eigenvalue weighted by molar-refractivity contribution is 0.598. The third-order valence-electron chi connectivity index (χ3n) is 6.09. The first-order valence-corrected chi connectivity index (χ1v) is 13.3. The van der Waals surface area contributed by atoms with Crippen LogP contribution in [-0.4, -0.2) is 20.8 Å². The van der Waals surface area contributed by atoms with Crippen LogP contribution in [-0.2, 0) is 23.0 Å². The summed E-state index contributed by atoms with van der Waals surface area (Å²) in [6.45, 7) is 1.58. The van der Waals surface area contributed by atoms with Crippen LogP contribution in [0.1, 0.15) is 23.1 Å². The molecule has 0 fully saturated rings. The van der Waals surface area contributed by atoms with Gasteiger partial charge in [0.1, 0.15) is 5.84 Å². The van der Waals surface area contributed by atoms with Crippen molar-refractivity contribution in [2.45, 2.75) is 24.3 Å². The topological polar surface area (TPSA) is 113 Å². The van der Waals surface area contributed by atoms with Crippen molar-refractivity contribution in [3.63, 3.8) is 0 Å². The van der Waals surface area contributed by atoms with Gasteiger partial charge in [-0.1, -0.05) is 84.9 Å². The number of nitrogens with one attached hydrogen (secondary N) is 1. The summed E-state index contributed by atoms with van der Waals surface area (Å²) in [5.74, 6) is 0.0561. The molecule has 5 N–H and O–H groups in total. The Kier molecular flexibility index (Phi) is 7.83. The summed E-state index contributed by atoms with van der Waals surface area (Å²) in [4.78, 5) is 2.43. The van der Waals surface area contributed by atoms with Gasteiger partial charge in [0.15, 0.2) is 0 Å². The Morgan fingerprint density at radius 3 is 2.19 bits per heavy atom. The molecule has 0 bridgehead atoms. The monoisotopic (exact) mass is 498 g/mol. The van der Waals surface area contributed by atoms with Crippen LogP contribution in [0, 0.1) is 5.41 Å². The van der Waals surface area contributed by atoms with Gasteiger partial charge >= 0.3 is 0 Å². The molecule has 0 unspecified atom stereocenters. The lowest BCUT2D eigenvalue weighted by Crippen LogP contribution is -2.25. The smallest absolute Gasteiger partial charge is 0.238 e. The Bertz CT molecular complexity index is 1440. The number of primary sulfonamides is 1. The van der Waals surface area contributed by atoms with Gasteiger partial charge in [0, 0.05) is 29.9 Å². The van der Waals surface area contributed by atoms with Crippen molar-refractivity contribution in [3.05, 3.63) is 120 Å². The minimum absolute atomic E-state index is 0.0561. The van der Waals surface area contributed by atoms with E-state index in [4.69, 9.17) is 16.3 Å². The second-order valence-electron chi connectivity index (χ2n) is 8.71. The van der Waals surface area contributed by atoms with E-state index in [-0.39, 0.29) is 10.7 Å². The molecule has 4 aromatic carbocycles. The Hall–Kier alpha value is -3.94. The molecule has 0 aromatic heterocycles. The first-order valence-electron chi connectivity index (χ1n) is 11.8. The molecule has 0 amide bonds. The molecular weight excluding hydrogens is 468 g/mol. The van der Waals surface area contributed by atoms with Gasteiger partial charge in [-0.25, -0.2) is 13.6 Å². The highest BCUT2D eigenvalue weighted by atomic mass is 32.2. The fourth-order valence-corrected chi connectivity index (χ4v) is 5.01. The molecule has 0 spiro atoms. The average molecular weight is 499 g/mol. The number of sulfonamides is 1. The van der Waals surface area contributed by atoms with Crippen LogP contribution in [0.5, 0.6) is 0 Å². The summed E-state index contributed by atoms with van der Waals surface area (Å²) < 4.78 is 23.9. The molecule has 0 aliphatic heterocycles. The van der Waals surface area contributed by atoms with E-state index in [0.29, 0.717) is 11.1 Å². The Morgan fingerprint density at radius 1 is 0.806 bits per heavy atom. The van der Waals surface area contributed by atoms with Gasteiger partial charge < -0.3 is 10.6 Å². The summed E-state index contributed by atoms with van der Waals surface area (Å²) in [7, 11) is -3.80. The third kappa shape index (κ3) is 6.38. The minimum atomic E-state index is -3.80. The van der Waals surface area contributed by atoms with Crippen molar-refractivity contribution in [3.8, 4) is 11.1 Å². The molecule has 0 radical (unpaired) electrons. The van der Waals surface area contributed by atoms with Crippen molar-refractivity contribution >= 4 is 21.5 Å². The Labute approximate surface area is 212 Å². The molecule has 0 saturated heterocycles. The molecule has 0 atom stereocenters. The zero-order valence-electron chi connectivity index (χ0n) is 20.0. The largest absolute Gasteiger partial charge is 0.384 e. The van der Waals surface area contributed by atoms with Crippen LogP contribution in [0.2, 0.25) is 0 Å². The fraction of sp³-hybridized carbons (Fsp3) is 0.138. The molecule has 184 valence electrons. The van der Waals surface area contributed by atoms with E-state index in [2.05, 4.69) is 17.0 Å². The van der Waals surface area contributed by atoms with Crippen LogP contribution < -0.4 is 15.8 Å². The molecule has 4 rings (SSSR count). The number of benzene rings is 4. The molecule has 0 saturated carbocycles. The summed E-state index contributed by atoms with van der Waals surface area (Å²) in [5, 5.41) is 13.2. The lowest BCUT2D eigenvalue weighted by Gasteiger charge is -2.26. The normalized spacial score (nSPS) is 11.2. The van der Waals surface area contributed by atoms with E-state index in [1.807, 2.05) is 66.7 Å². The average Bonchev–Trinajstić information content (AvgIpc) is 2.89. The standard InChI is InChI=1S/C29H30N4O2S/c30-29(31)25-11-6-12-26(20-25)33(21-23-8-2-1-3-9-23)19-7-10-22-15-17-24(18-16-22)27-13-4-5-14-28(27)36(32,34)35/h1-6,8-9,11-18,20H,7,10,19,21H2,(H3,30,31)(H2,32,34,35). The quantitative estimate of drug-likeness (QED) is 0.213. The molecule has 4 aromatic rings. The number of nitrogens with zero attached hydrogens (tertiary/aromatic N) is 1. The van der Waals surface area contributed by atoms with Gasteiger partial charge in [-0.15, -0.1) is 0 Å². The van der Waals surface area contributed by atoms with E-state index in [9.17, 15) is 8.42 Å². The molecule has 0 heterocycles. The zero-order valence-corrected chi connectivity index (χ0v) is 20.8. The van der Waals surface area contributed by atoms with Crippen molar-refractivity contribution in [2.24, 2.45) is 10.9 Å². The molecule has 6 nitrogen and oxygen atoms in total. The highest BCUT2D eigenvalue weighted by Crippen LogP contribution is 2.27. The van der Waals surface area contributed by atoms with Crippen molar-refractivity contribution in [1.29, 1.82) is 5.41 Å². The second-order valence-corrected chi connectivity index (χ2v) is 10.2. The summed E-state index contributed by atoms with van der Waals surface area (Å²) in [6.07, 6.45) is 1.79. The maximum absolute atomic E-state index is 12.0. The molecule has 7 heteroatoms. The van der Waals surface area contributed by atoms with E-state index >= 15 is 0 Å². The molecule has 0 aliphatic rings. The number of amidine groups is 1. The van der Waals surface area contributed by atoms with E-state index in [1.54, 1.807) is 18.2 Å². The van der Waals surface area contributed by atoms with Gasteiger partial charge in [0.05, 0.1) is 4.90 Å². The number of anilines is 1. The van der Waals surface area contributed by atoms with E-state index in [1.165, 1.54) is 17.2 Å². The van der Waals surface area contributed by atoms with Crippen molar-refractivity contribution in [1.82, 2.24) is 0 Å². The molecular formula is C29H30N4O2S. The minimum Gasteiger partial charge on any atom is -0.384 e. The fourth-order valence-electron chi connectivity index (χ4n) is 4.25. The number of hydrogen-bond acceptors (Lipinski definition) is 4. The highest BCUT2D eigenvalue weighted by molar-refractivity contribution is 7.89. The van der Waals surface area contributed by atoms with Gasteiger partial charge in [-0.3, -0.25) is 5.41 Å². The van der Waals surface area contributed by atoms with Crippen LogP contribution in [0.25, 0.3) is 11.1 Å². The van der Waals surface area contributed by atoms with Crippen LogP contribution in [0.4, 0.5) is 5.69 Å². The highest BCUT2D eigenvalue weighted by Gasteiger charge is 2.14. The van der Waals surface area contributed by atoms with Gasteiger partial charge in [-0.2, -0.15) is 0 Å². The SMILES string of the molecule is N=C(N)c1cccc(N(CCCc2ccc(-c3ccccc3S(N)(=O)=O)cc2)Cc2ccccc2)c1. The number of aryl methyl sites for hydroxylation is 1. The van der Waals surface area contributed by atoms with Crippen LogP contribution >= 0.6 is 0 Å². The number of nitrogens with two attached hydrogens (primary N) is 2. The number of nitrogen functional groups attached to an aromatic ring is 1. The second kappa shape index (κ2) is 11.2. The number of hydrogen-bond donors (Lipinski definition) is 3.